The predicted molar refractivity (Wildman–Crippen MR) is 62.3 cm³/mol. The molecule has 17 heavy (non-hydrogen) atoms. The van der Waals surface area contributed by atoms with Gasteiger partial charge in [-0.05, 0) is 37.1 Å². The summed E-state index contributed by atoms with van der Waals surface area (Å²) in [4.78, 5) is 0.0852. The van der Waals surface area contributed by atoms with Gasteiger partial charge in [0.25, 0.3) is 0 Å². The monoisotopic (exact) mass is 257 g/mol. The first kappa shape index (κ1) is 12.3. The summed E-state index contributed by atoms with van der Waals surface area (Å²) in [7, 11) is -3.63. The van der Waals surface area contributed by atoms with E-state index in [1.165, 1.54) is 12.1 Å². The van der Waals surface area contributed by atoms with Crippen molar-refractivity contribution in [1.29, 1.82) is 0 Å². The molecule has 0 radical (unpaired) electrons. The van der Waals surface area contributed by atoms with E-state index >= 15 is 0 Å². The van der Waals surface area contributed by atoms with Gasteiger partial charge in [0.15, 0.2) is 0 Å². The third-order valence-electron chi connectivity index (χ3n) is 2.61. The van der Waals surface area contributed by atoms with Crippen LogP contribution in [0.4, 0.5) is 0 Å². The highest BCUT2D eigenvalue weighted by Crippen LogP contribution is 2.17. The minimum Gasteiger partial charge on any atom is -0.491 e. The average molecular weight is 257 g/mol. The van der Waals surface area contributed by atoms with Gasteiger partial charge in [0.2, 0.25) is 10.0 Å². The summed E-state index contributed by atoms with van der Waals surface area (Å²) in [6, 6.07) is 6.05. The highest BCUT2D eigenvalue weighted by atomic mass is 32.2. The lowest BCUT2D eigenvalue weighted by Gasteiger charge is -2.11. The first-order valence-electron chi connectivity index (χ1n) is 5.43. The van der Waals surface area contributed by atoms with Crippen molar-refractivity contribution in [1.82, 2.24) is 0 Å². The lowest BCUT2D eigenvalue weighted by Crippen LogP contribution is -2.16. The molecule has 1 unspecified atom stereocenters. The number of ether oxygens (including phenoxy) is 2. The standard InChI is InChI=1S/C11H15NO4S/c12-17(13,14)11-5-3-9(4-6-11)16-8-10-2-1-7-15-10/h3-6,10H,1-2,7-8H2,(H2,12,13,14). The largest absolute Gasteiger partial charge is 0.491 e. The molecule has 0 spiro atoms. The molecule has 1 aromatic carbocycles. The lowest BCUT2D eigenvalue weighted by atomic mass is 10.2. The summed E-state index contributed by atoms with van der Waals surface area (Å²) in [5.41, 5.74) is 0. The van der Waals surface area contributed by atoms with Crippen molar-refractivity contribution >= 4 is 10.0 Å². The number of sulfonamides is 1. The summed E-state index contributed by atoms with van der Waals surface area (Å²) in [5.74, 6) is 0.618. The molecule has 94 valence electrons. The molecule has 0 amide bonds. The molecule has 1 heterocycles. The van der Waals surface area contributed by atoms with Gasteiger partial charge in [0.05, 0.1) is 11.0 Å². The van der Waals surface area contributed by atoms with E-state index in [0.29, 0.717) is 12.4 Å². The molecule has 0 aliphatic carbocycles. The molecule has 1 fully saturated rings. The molecule has 0 saturated carbocycles. The molecule has 2 rings (SSSR count). The second-order valence-corrected chi connectivity index (χ2v) is 5.52. The predicted octanol–water partition coefficient (Wildman–Crippen LogP) is 0.892. The first-order chi connectivity index (χ1) is 8.05. The molecule has 0 bridgehead atoms. The van der Waals surface area contributed by atoms with E-state index in [1.807, 2.05) is 0 Å². The van der Waals surface area contributed by atoms with E-state index in [9.17, 15) is 8.42 Å². The number of rotatable bonds is 4. The molecule has 5 nitrogen and oxygen atoms in total. The Morgan fingerprint density at radius 1 is 1.35 bits per heavy atom. The van der Waals surface area contributed by atoms with Crippen LogP contribution in [0.2, 0.25) is 0 Å². The minimum atomic E-state index is -3.63. The Balaban J connectivity index is 1.94. The van der Waals surface area contributed by atoms with Gasteiger partial charge in [0, 0.05) is 6.61 Å². The van der Waals surface area contributed by atoms with E-state index in [4.69, 9.17) is 14.6 Å². The Morgan fingerprint density at radius 3 is 2.59 bits per heavy atom. The highest BCUT2D eigenvalue weighted by molar-refractivity contribution is 7.89. The quantitative estimate of drug-likeness (QED) is 0.869. The van der Waals surface area contributed by atoms with Crippen LogP contribution >= 0.6 is 0 Å². The number of hydrogen-bond acceptors (Lipinski definition) is 4. The summed E-state index contributed by atoms with van der Waals surface area (Å²) in [6.07, 6.45) is 2.22. The summed E-state index contributed by atoms with van der Waals surface area (Å²) in [5, 5.41) is 4.99. The topological polar surface area (TPSA) is 78.6 Å². The van der Waals surface area contributed by atoms with Crippen molar-refractivity contribution in [3.8, 4) is 5.75 Å². The van der Waals surface area contributed by atoms with Gasteiger partial charge in [-0.25, -0.2) is 13.6 Å². The molecule has 1 aliphatic rings. The van der Waals surface area contributed by atoms with Crippen LogP contribution in [0.5, 0.6) is 5.75 Å². The zero-order chi connectivity index (χ0) is 12.3. The Morgan fingerprint density at radius 2 is 2.06 bits per heavy atom. The Bertz CT molecular complexity index is 463. The van der Waals surface area contributed by atoms with Gasteiger partial charge in [-0.1, -0.05) is 0 Å². The number of hydrogen-bond donors (Lipinski definition) is 1. The van der Waals surface area contributed by atoms with Crippen LogP contribution in [-0.4, -0.2) is 27.7 Å². The van der Waals surface area contributed by atoms with E-state index in [2.05, 4.69) is 0 Å². The van der Waals surface area contributed by atoms with Crippen LogP contribution in [-0.2, 0) is 14.8 Å². The van der Waals surface area contributed by atoms with Crippen molar-refractivity contribution in [3.05, 3.63) is 24.3 Å². The van der Waals surface area contributed by atoms with Gasteiger partial charge in [-0.2, -0.15) is 0 Å². The Kier molecular flexibility index (Phi) is 3.66. The Hall–Kier alpha value is -1.11. The Labute approximate surface area is 101 Å². The van der Waals surface area contributed by atoms with E-state index in [-0.39, 0.29) is 11.0 Å². The molecular formula is C11H15NO4S. The summed E-state index contributed by atoms with van der Waals surface area (Å²) >= 11 is 0. The van der Waals surface area contributed by atoms with Crippen LogP contribution in [0.15, 0.2) is 29.2 Å². The second-order valence-electron chi connectivity index (χ2n) is 3.96. The minimum absolute atomic E-state index is 0.0852. The lowest BCUT2D eigenvalue weighted by molar-refractivity contribution is 0.0679. The van der Waals surface area contributed by atoms with Gasteiger partial charge in [-0.15, -0.1) is 0 Å². The third-order valence-corrected chi connectivity index (χ3v) is 3.54. The fourth-order valence-electron chi connectivity index (χ4n) is 1.69. The molecule has 1 aromatic rings. The molecule has 2 N–H and O–H groups in total. The maximum absolute atomic E-state index is 11.0. The van der Waals surface area contributed by atoms with Crippen molar-refractivity contribution < 1.29 is 17.9 Å². The van der Waals surface area contributed by atoms with Gasteiger partial charge in [0.1, 0.15) is 12.4 Å². The van der Waals surface area contributed by atoms with Crippen molar-refractivity contribution in [2.24, 2.45) is 5.14 Å². The zero-order valence-electron chi connectivity index (χ0n) is 9.33. The van der Waals surface area contributed by atoms with E-state index in [1.54, 1.807) is 12.1 Å². The number of benzene rings is 1. The summed E-state index contributed by atoms with van der Waals surface area (Å²) in [6.45, 7) is 1.28. The fraction of sp³-hybridized carbons (Fsp3) is 0.455. The van der Waals surface area contributed by atoms with E-state index < -0.39 is 10.0 Å². The first-order valence-corrected chi connectivity index (χ1v) is 6.97. The molecular weight excluding hydrogens is 242 g/mol. The number of primary sulfonamides is 1. The van der Waals surface area contributed by atoms with Crippen molar-refractivity contribution in [2.45, 2.75) is 23.8 Å². The maximum Gasteiger partial charge on any atom is 0.238 e. The smallest absolute Gasteiger partial charge is 0.238 e. The van der Waals surface area contributed by atoms with Crippen LogP contribution in [0.25, 0.3) is 0 Å². The van der Waals surface area contributed by atoms with Crippen LogP contribution in [0, 0.1) is 0 Å². The molecule has 0 aromatic heterocycles. The second kappa shape index (κ2) is 5.03. The normalized spacial score (nSPS) is 20.4. The van der Waals surface area contributed by atoms with Gasteiger partial charge < -0.3 is 9.47 Å². The number of nitrogens with two attached hydrogens (primary N) is 1. The summed E-state index contributed by atoms with van der Waals surface area (Å²) < 4.78 is 33.0. The van der Waals surface area contributed by atoms with Crippen molar-refractivity contribution in [2.75, 3.05) is 13.2 Å². The van der Waals surface area contributed by atoms with Gasteiger partial charge >= 0.3 is 0 Å². The highest BCUT2D eigenvalue weighted by Gasteiger charge is 2.16. The zero-order valence-corrected chi connectivity index (χ0v) is 10.2. The van der Waals surface area contributed by atoms with Gasteiger partial charge in [-0.3, -0.25) is 0 Å². The maximum atomic E-state index is 11.0. The molecule has 1 saturated heterocycles. The average Bonchev–Trinajstić information content (AvgIpc) is 2.78. The van der Waals surface area contributed by atoms with Crippen LogP contribution in [0.3, 0.4) is 0 Å². The van der Waals surface area contributed by atoms with E-state index in [0.717, 1.165) is 19.4 Å². The van der Waals surface area contributed by atoms with Crippen LogP contribution in [0.1, 0.15) is 12.8 Å². The third kappa shape index (κ3) is 3.42. The molecule has 6 heteroatoms. The van der Waals surface area contributed by atoms with Crippen molar-refractivity contribution in [3.63, 3.8) is 0 Å². The SMILES string of the molecule is NS(=O)(=O)c1ccc(OCC2CCCO2)cc1. The fourth-order valence-corrected chi connectivity index (χ4v) is 2.21. The molecule has 1 atom stereocenters. The van der Waals surface area contributed by atoms with Crippen LogP contribution < -0.4 is 9.88 Å². The molecule has 1 aliphatic heterocycles.